The van der Waals surface area contributed by atoms with Gasteiger partial charge in [-0.05, 0) is 49.2 Å². The summed E-state index contributed by atoms with van der Waals surface area (Å²) in [7, 11) is 0. The van der Waals surface area contributed by atoms with Gasteiger partial charge in [0.05, 0.1) is 18.9 Å². The Bertz CT molecular complexity index is 1050. The van der Waals surface area contributed by atoms with Crippen molar-refractivity contribution in [2.45, 2.75) is 26.9 Å². The van der Waals surface area contributed by atoms with E-state index in [1.807, 2.05) is 0 Å². The van der Waals surface area contributed by atoms with Crippen molar-refractivity contribution in [3.05, 3.63) is 83.5 Å². The van der Waals surface area contributed by atoms with Crippen molar-refractivity contribution in [3.63, 3.8) is 0 Å². The Morgan fingerprint density at radius 3 is 2.49 bits per heavy atom. The number of hydrogen-bond acceptors (Lipinski definition) is 6. The first-order valence-electron chi connectivity index (χ1n) is 11.0. The van der Waals surface area contributed by atoms with Gasteiger partial charge in [-0.3, -0.25) is 5.32 Å². The molecule has 35 heavy (non-hydrogen) atoms. The minimum Gasteiger partial charge on any atom is -0.491 e. The molecule has 2 atom stereocenters. The van der Waals surface area contributed by atoms with Crippen LogP contribution >= 0.6 is 0 Å². The first-order chi connectivity index (χ1) is 16.7. The molecule has 0 bridgehead atoms. The molecule has 0 aliphatic carbocycles. The molecule has 0 aliphatic heterocycles. The summed E-state index contributed by atoms with van der Waals surface area (Å²) in [5.74, 6) is -2.01. The van der Waals surface area contributed by atoms with E-state index < -0.39 is 29.8 Å². The summed E-state index contributed by atoms with van der Waals surface area (Å²) < 4.78 is 43.0. The molecule has 2 aromatic carbocycles. The first-order valence-corrected chi connectivity index (χ1v) is 11.0. The molecule has 7 nitrogen and oxygen atoms in total. The fourth-order valence-corrected chi connectivity index (χ4v) is 3.06. The molecule has 0 aliphatic rings. The summed E-state index contributed by atoms with van der Waals surface area (Å²) in [5, 5.41) is 11.2. The van der Waals surface area contributed by atoms with Gasteiger partial charge < -0.3 is 19.3 Å². The molecular formula is C26H29F2NO6. The molecule has 0 saturated carbocycles. The van der Waals surface area contributed by atoms with E-state index in [9.17, 15) is 18.4 Å². The number of aliphatic hydroxyl groups excluding tert-OH is 1. The predicted molar refractivity (Wildman–Crippen MR) is 127 cm³/mol. The Morgan fingerprint density at radius 1 is 1.14 bits per heavy atom. The smallest absolute Gasteiger partial charge is 0.412 e. The van der Waals surface area contributed by atoms with Gasteiger partial charge in [-0.1, -0.05) is 31.2 Å². The van der Waals surface area contributed by atoms with E-state index in [-0.39, 0.29) is 31.4 Å². The lowest BCUT2D eigenvalue weighted by atomic mass is 9.96. The number of allylic oxidation sites excluding steroid dienone is 2. The van der Waals surface area contributed by atoms with Gasteiger partial charge in [-0.2, -0.15) is 0 Å². The van der Waals surface area contributed by atoms with Crippen LogP contribution in [0.1, 0.15) is 32.4 Å². The van der Waals surface area contributed by atoms with E-state index in [2.05, 4.69) is 5.32 Å². The van der Waals surface area contributed by atoms with Gasteiger partial charge in [0, 0.05) is 18.1 Å². The fourth-order valence-electron chi connectivity index (χ4n) is 3.06. The van der Waals surface area contributed by atoms with Crippen LogP contribution in [0.25, 0.3) is 0 Å². The molecule has 0 fully saturated rings. The number of carbonyl (C=O) groups is 2. The second-order valence-electron chi connectivity index (χ2n) is 7.57. The lowest BCUT2D eigenvalue weighted by molar-refractivity contribution is -0.137. The van der Waals surface area contributed by atoms with E-state index in [0.717, 1.165) is 12.1 Å². The highest BCUT2D eigenvalue weighted by Gasteiger charge is 2.23. The van der Waals surface area contributed by atoms with Crippen LogP contribution in [0.5, 0.6) is 5.75 Å². The normalized spacial score (nSPS) is 13.3. The number of halogens is 2. The monoisotopic (exact) mass is 489 g/mol. The Balaban J connectivity index is 2.23. The number of rotatable bonds is 11. The van der Waals surface area contributed by atoms with Crippen LogP contribution in [0.4, 0.5) is 19.3 Å². The number of aliphatic hydroxyl groups is 1. The Hall–Kier alpha value is -3.72. The third kappa shape index (κ3) is 9.21. The third-order valence-corrected chi connectivity index (χ3v) is 4.74. The van der Waals surface area contributed by atoms with Crippen molar-refractivity contribution in [1.29, 1.82) is 0 Å². The minimum atomic E-state index is -0.934. The van der Waals surface area contributed by atoms with Crippen LogP contribution < -0.4 is 10.1 Å². The van der Waals surface area contributed by atoms with Gasteiger partial charge in [-0.15, -0.1) is 0 Å². The molecule has 0 saturated heterocycles. The molecule has 2 N–H and O–H groups in total. The molecule has 0 radical (unpaired) electrons. The molecule has 0 heterocycles. The number of hydrogen-bond donors (Lipinski definition) is 2. The van der Waals surface area contributed by atoms with Crippen molar-refractivity contribution in [2.24, 2.45) is 5.92 Å². The summed E-state index contributed by atoms with van der Waals surface area (Å²) in [6.45, 7) is 5.52. The second kappa shape index (κ2) is 13.9. The van der Waals surface area contributed by atoms with Crippen molar-refractivity contribution < 1.29 is 37.7 Å². The molecule has 2 rings (SSSR count). The summed E-state index contributed by atoms with van der Waals surface area (Å²) in [4.78, 5) is 24.2. The van der Waals surface area contributed by atoms with Crippen LogP contribution in [0, 0.1) is 17.6 Å². The van der Waals surface area contributed by atoms with Crippen molar-refractivity contribution in [3.8, 4) is 5.75 Å². The summed E-state index contributed by atoms with van der Waals surface area (Å²) in [5.41, 5.74) is 1.04. The standard InChI is InChI=1S/C26H29F2NO6/c1-4-33-24(31)15-17(2)5-6-18(3)25(19-7-10-21(11-8-19)34-14-13-30)35-26(32)29-23-12-9-20(27)16-22(23)28/h5-12,15-16,18,25,30H,4,13-14H2,1-3H3,(H,29,32)/b6-5+,17-15+/t18-,25-/m0/s1. The van der Waals surface area contributed by atoms with Crippen molar-refractivity contribution in [2.75, 3.05) is 25.1 Å². The summed E-state index contributed by atoms with van der Waals surface area (Å²) in [6, 6.07) is 9.51. The average molecular weight is 490 g/mol. The van der Waals surface area contributed by atoms with Crippen LogP contribution in [0.2, 0.25) is 0 Å². The number of anilines is 1. The van der Waals surface area contributed by atoms with E-state index in [4.69, 9.17) is 19.3 Å². The highest BCUT2D eigenvalue weighted by molar-refractivity contribution is 5.85. The summed E-state index contributed by atoms with van der Waals surface area (Å²) >= 11 is 0. The lowest BCUT2D eigenvalue weighted by Gasteiger charge is -2.23. The second-order valence-corrected chi connectivity index (χ2v) is 7.57. The number of esters is 1. The first kappa shape index (κ1) is 27.5. The highest BCUT2D eigenvalue weighted by Crippen LogP contribution is 2.30. The van der Waals surface area contributed by atoms with E-state index in [1.165, 1.54) is 6.08 Å². The lowest BCUT2D eigenvalue weighted by Crippen LogP contribution is -2.21. The zero-order valence-corrected chi connectivity index (χ0v) is 19.8. The number of nitrogens with one attached hydrogen (secondary N) is 1. The number of amides is 1. The molecule has 188 valence electrons. The minimum absolute atomic E-state index is 0.131. The van der Waals surface area contributed by atoms with Crippen LogP contribution in [-0.2, 0) is 14.3 Å². The van der Waals surface area contributed by atoms with Gasteiger partial charge in [0.1, 0.15) is 30.1 Å². The predicted octanol–water partition coefficient (Wildman–Crippen LogP) is 5.33. The quantitative estimate of drug-likeness (QED) is 0.252. The van der Waals surface area contributed by atoms with Crippen LogP contribution in [0.3, 0.4) is 0 Å². The molecule has 9 heteroatoms. The fraction of sp³-hybridized carbons (Fsp3) is 0.308. The van der Waals surface area contributed by atoms with Gasteiger partial charge in [-0.25, -0.2) is 18.4 Å². The van der Waals surface area contributed by atoms with Gasteiger partial charge >= 0.3 is 12.1 Å². The maximum atomic E-state index is 13.9. The van der Waals surface area contributed by atoms with Gasteiger partial charge in [0.25, 0.3) is 0 Å². The number of ether oxygens (including phenoxy) is 3. The average Bonchev–Trinajstić information content (AvgIpc) is 2.82. The molecule has 0 aromatic heterocycles. The summed E-state index contributed by atoms with van der Waals surface area (Å²) in [6.07, 6.45) is 3.09. The highest BCUT2D eigenvalue weighted by atomic mass is 19.1. The Labute approximate surface area is 203 Å². The molecule has 0 unspecified atom stereocenters. The van der Waals surface area contributed by atoms with Crippen LogP contribution in [0.15, 0.2) is 66.3 Å². The van der Waals surface area contributed by atoms with Crippen LogP contribution in [-0.4, -0.2) is 37.0 Å². The van der Waals surface area contributed by atoms with E-state index in [0.29, 0.717) is 23.0 Å². The number of carbonyl (C=O) groups excluding carboxylic acids is 2. The Kier molecular flexibility index (Phi) is 10.9. The molecule has 2 aromatic rings. The van der Waals surface area contributed by atoms with Crippen molar-refractivity contribution in [1.82, 2.24) is 0 Å². The third-order valence-electron chi connectivity index (χ3n) is 4.74. The molecule has 0 spiro atoms. The molecular weight excluding hydrogens is 460 g/mol. The zero-order chi connectivity index (χ0) is 25.8. The van der Waals surface area contributed by atoms with E-state index >= 15 is 0 Å². The van der Waals surface area contributed by atoms with Gasteiger partial charge in [0.15, 0.2) is 0 Å². The topological polar surface area (TPSA) is 94.1 Å². The number of benzene rings is 2. The maximum Gasteiger partial charge on any atom is 0.412 e. The molecule has 1 amide bonds. The SMILES string of the molecule is CCOC(=O)/C=C(C)/C=C/[C@H](C)[C@H](OC(=O)Nc1ccc(F)cc1F)c1ccc(OCCO)cc1. The Morgan fingerprint density at radius 2 is 1.86 bits per heavy atom. The van der Waals surface area contributed by atoms with Crippen molar-refractivity contribution >= 4 is 17.7 Å². The van der Waals surface area contributed by atoms with Gasteiger partial charge in [0.2, 0.25) is 0 Å². The largest absolute Gasteiger partial charge is 0.491 e. The van der Waals surface area contributed by atoms with E-state index in [1.54, 1.807) is 57.2 Å². The zero-order valence-electron chi connectivity index (χ0n) is 19.8. The maximum absolute atomic E-state index is 13.9.